The molecule has 3 aromatic carbocycles. The Hall–Kier alpha value is -3.89. The number of anilines is 1. The molecule has 1 atom stereocenters. The van der Waals surface area contributed by atoms with Gasteiger partial charge in [-0.05, 0) is 59.9 Å². The number of amides is 3. The average Bonchev–Trinajstić information content (AvgIpc) is 3.17. The van der Waals surface area contributed by atoms with Gasteiger partial charge in [-0.1, -0.05) is 50.2 Å². The van der Waals surface area contributed by atoms with E-state index in [1.54, 1.807) is 24.3 Å². The summed E-state index contributed by atoms with van der Waals surface area (Å²) in [5.74, 6) is -2.21. The van der Waals surface area contributed by atoms with Gasteiger partial charge in [0.15, 0.2) is 0 Å². The van der Waals surface area contributed by atoms with Crippen LogP contribution in [0.25, 0.3) is 0 Å². The molecule has 3 amide bonds. The summed E-state index contributed by atoms with van der Waals surface area (Å²) in [6, 6.07) is 17.2. The highest BCUT2D eigenvalue weighted by atomic mass is 32.2. The minimum absolute atomic E-state index is 0.00823. The van der Waals surface area contributed by atoms with E-state index in [0.717, 1.165) is 16.5 Å². The van der Waals surface area contributed by atoms with Crippen LogP contribution in [0.1, 0.15) is 47.7 Å². The molecule has 1 fully saturated rings. The summed E-state index contributed by atoms with van der Waals surface area (Å²) in [5, 5.41) is 5.15. The largest absolute Gasteiger partial charge is 0.326 e. The molecule has 10 heteroatoms. The lowest BCUT2D eigenvalue weighted by Crippen LogP contribution is -2.46. The molecule has 0 aromatic heterocycles. The standard InChI is InChI=1S/C28H28FN3O5S/c1-18(2)20-9-11-21(12-10-20)32-26(33)17-25(28(32)35)31(27(34)23-5-3-4-6-24(23)29)16-15-19-7-13-22(14-8-19)38(30,36)37/h3-14,18,25H,15-17H2,1-2H3,(H2,30,36,37). The summed E-state index contributed by atoms with van der Waals surface area (Å²) >= 11 is 0. The summed E-state index contributed by atoms with van der Waals surface area (Å²) in [7, 11) is -3.87. The van der Waals surface area contributed by atoms with Crippen molar-refractivity contribution in [3.05, 3.63) is 95.3 Å². The Kier molecular flexibility index (Phi) is 7.75. The number of carbonyl (C=O) groups excluding carboxylic acids is 3. The Morgan fingerprint density at radius 2 is 1.66 bits per heavy atom. The highest BCUT2D eigenvalue weighted by molar-refractivity contribution is 7.89. The molecule has 38 heavy (non-hydrogen) atoms. The van der Waals surface area contributed by atoms with Crippen molar-refractivity contribution >= 4 is 33.4 Å². The molecule has 198 valence electrons. The van der Waals surface area contributed by atoms with Crippen molar-refractivity contribution in [3.8, 4) is 0 Å². The molecule has 0 spiro atoms. The molecule has 0 radical (unpaired) electrons. The van der Waals surface area contributed by atoms with Crippen molar-refractivity contribution in [2.24, 2.45) is 5.14 Å². The molecule has 1 aliphatic rings. The van der Waals surface area contributed by atoms with Gasteiger partial charge in [0.1, 0.15) is 11.9 Å². The zero-order chi connectivity index (χ0) is 27.6. The van der Waals surface area contributed by atoms with Crippen LogP contribution < -0.4 is 10.0 Å². The van der Waals surface area contributed by atoms with Crippen molar-refractivity contribution < 1.29 is 27.2 Å². The SMILES string of the molecule is CC(C)c1ccc(N2C(=O)CC(N(CCc3ccc(S(N)(=O)=O)cc3)C(=O)c3ccccc3F)C2=O)cc1. The molecule has 3 aromatic rings. The van der Waals surface area contributed by atoms with Crippen LogP contribution in [0.3, 0.4) is 0 Å². The van der Waals surface area contributed by atoms with Crippen molar-refractivity contribution in [1.29, 1.82) is 0 Å². The highest BCUT2D eigenvalue weighted by Gasteiger charge is 2.44. The van der Waals surface area contributed by atoms with Gasteiger partial charge >= 0.3 is 0 Å². The first kappa shape index (κ1) is 27.2. The summed E-state index contributed by atoms with van der Waals surface area (Å²) in [6.45, 7) is 4.06. The quantitative estimate of drug-likeness (QED) is 0.441. The van der Waals surface area contributed by atoms with Crippen LogP contribution in [0.5, 0.6) is 0 Å². The first-order valence-electron chi connectivity index (χ1n) is 12.1. The first-order chi connectivity index (χ1) is 18.0. The Labute approximate surface area is 220 Å². The third kappa shape index (κ3) is 5.66. The van der Waals surface area contributed by atoms with E-state index in [-0.39, 0.29) is 35.8 Å². The van der Waals surface area contributed by atoms with Crippen LogP contribution in [0.2, 0.25) is 0 Å². The second-order valence-electron chi connectivity index (χ2n) is 9.45. The highest BCUT2D eigenvalue weighted by Crippen LogP contribution is 2.29. The van der Waals surface area contributed by atoms with Gasteiger partial charge in [0.2, 0.25) is 15.9 Å². The molecular weight excluding hydrogens is 509 g/mol. The summed E-state index contributed by atoms with van der Waals surface area (Å²) in [4.78, 5) is 42.2. The molecule has 8 nitrogen and oxygen atoms in total. The van der Waals surface area contributed by atoms with Crippen LogP contribution in [-0.2, 0) is 26.0 Å². The lowest BCUT2D eigenvalue weighted by Gasteiger charge is -2.28. The summed E-state index contributed by atoms with van der Waals surface area (Å²) < 4.78 is 37.6. The molecule has 1 heterocycles. The fourth-order valence-corrected chi connectivity index (χ4v) is 4.94. The Balaban J connectivity index is 1.63. The summed E-state index contributed by atoms with van der Waals surface area (Å²) in [5.41, 5.74) is 1.91. The maximum absolute atomic E-state index is 14.5. The van der Waals surface area contributed by atoms with E-state index in [9.17, 15) is 27.2 Å². The number of hydrogen-bond donors (Lipinski definition) is 1. The van der Waals surface area contributed by atoms with E-state index in [0.29, 0.717) is 11.3 Å². The lowest BCUT2D eigenvalue weighted by molar-refractivity contribution is -0.122. The normalized spacial score (nSPS) is 15.8. The van der Waals surface area contributed by atoms with Crippen LogP contribution in [0.4, 0.5) is 10.1 Å². The smallest absolute Gasteiger partial charge is 0.257 e. The number of imide groups is 1. The van der Waals surface area contributed by atoms with Gasteiger partial charge in [-0.25, -0.2) is 22.8 Å². The minimum Gasteiger partial charge on any atom is -0.326 e. The fraction of sp³-hybridized carbons (Fsp3) is 0.250. The number of sulfonamides is 1. The van der Waals surface area contributed by atoms with E-state index >= 15 is 0 Å². The fourth-order valence-electron chi connectivity index (χ4n) is 4.42. The monoisotopic (exact) mass is 537 g/mol. The van der Waals surface area contributed by atoms with Crippen LogP contribution in [0, 0.1) is 5.82 Å². The number of benzene rings is 3. The van der Waals surface area contributed by atoms with E-state index in [4.69, 9.17) is 5.14 Å². The third-order valence-electron chi connectivity index (χ3n) is 6.58. The van der Waals surface area contributed by atoms with Crippen molar-refractivity contribution in [1.82, 2.24) is 4.90 Å². The first-order valence-corrected chi connectivity index (χ1v) is 13.7. The number of nitrogens with two attached hydrogens (primary N) is 1. The number of rotatable bonds is 8. The van der Waals surface area contributed by atoms with Gasteiger partial charge in [0.05, 0.1) is 22.6 Å². The zero-order valence-corrected chi connectivity index (χ0v) is 21.8. The zero-order valence-electron chi connectivity index (χ0n) is 21.0. The molecule has 1 saturated heterocycles. The van der Waals surface area contributed by atoms with Crippen molar-refractivity contribution in [2.75, 3.05) is 11.4 Å². The van der Waals surface area contributed by atoms with Crippen molar-refractivity contribution in [2.45, 2.75) is 43.5 Å². The van der Waals surface area contributed by atoms with Gasteiger partial charge < -0.3 is 4.90 Å². The predicted molar refractivity (Wildman–Crippen MR) is 140 cm³/mol. The third-order valence-corrected chi connectivity index (χ3v) is 7.50. The summed E-state index contributed by atoms with van der Waals surface area (Å²) in [6.07, 6.45) is -0.0124. The molecular formula is C28H28FN3O5S. The van der Waals surface area contributed by atoms with E-state index < -0.39 is 39.6 Å². The van der Waals surface area contributed by atoms with Gasteiger partial charge in [-0.15, -0.1) is 0 Å². The number of nitrogens with zero attached hydrogens (tertiary/aromatic N) is 2. The van der Waals surface area contributed by atoms with Gasteiger partial charge in [0.25, 0.3) is 11.8 Å². The Morgan fingerprint density at radius 1 is 1.03 bits per heavy atom. The predicted octanol–water partition coefficient (Wildman–Crippen LogP) is 3.61. The molecule has 1 aliphatic heterocycles. The molecule has 1 unspecified atom stereocenters. The number of carbonyl (C=O) groups is 3. The maximum atomic E-state index is 14.5. The number of primary sulfonamides is 1. The van der Waals surface area contributed by atoms with E-state index in [2.05, 4.69) is 0 Å². The van der Waals surface area contributed by atoms with Crippen LogP contribution >= 0.6 is 0 Å². The average molecular weight is 538 g/mol. The second-order valence-corrected chi connectivity index (χ2v) is 11.0. The molecule has 2 N–H and O–H groups in total. The van der Waals surface area contributed by atoms with Gasteiger partial charge in [-0.3, -0.25) is 14.4 Å². The number of halogens is 1. The lowest BCUT2D eigenvalue weighted by atomic mass is 10.0. The molecule has 4 rings (SSSR count). The Morgan fingerprint density at radius 3 is 2.24 bits per heavy atom. The van der Waals surface area contributed by atoms with Gasteiger partial charge in [-0.2, -0.15) is 0 Å². The van der Waals surface area contributed by atoms with Crippen molar-refractivity contribution in [3.63, 3.8) is 0 Å². The Bertz CT molecular complexity index is 1470. The molecule has 0 saturated carbocycles. The second kappa shape index (κ2) is 10.8. The van der Waals surface area contributed by atoms with E-state index in [1.165, 1.54) is 35.2 Å². The van der Waals surface area contributed by atoms with Crippen LogP contribution in [-0.4, -0.2) is 43.6 Å². The van der Waals surface area contributed by atoms with Crippen LogP contribution in [0.15, 0.2) is 77.7 Å². The minimum atomic E-state index is -3.87. The molecule has 0 bridgehead atoms. The van der Waals surface area contributed by atoms with E-state index in [1.807, 2.05) is 26.0 Å². The topological polar surface area (TPSA) is 118 Å². The molecule has 0 aliphatic carbocycles. The van der Waals surface area contributed by atoms with Gasteiger partial charge in [0, 0.05) is 6.54 Å². The maximum Gasteiger partial charge on any atom is 0.257 e. The number of hydrogen-bond acceptors (Lipinski definition) is 5.